The quantitative estimate of drug-likeness (QED) is 0.338. The average molecular weight is 199 g/mol. The highest BCUT2D eigenvalue weighted by Crippen LogP contribution is 2.11. The largest absolute Gasteiger partial charge is 0.272 e. The number of nitrogens with zero attached hydrogens (tertiary/aromatic N) is 1. The lowest BCUT2D eigenvalue weighted by molar-refractivity contribution is -0.116. The summed E-state index contributed by atoms with van der Waals surface area (Å²) >= 11 is 5.36. The van der Waals surface area contributed by atoms with Crippen LogP contribution in [0.5, 0.6) is 0 Å². The van der Waals surface area contributed by atoms with E-state index in [1.165, 1.54) is 0 Å². The minimum absolute atomic E-state index is 0.107. The highest BCUT2D eigenvalue weighted by molar-refractivity contribution is 6.29. The Bertz CT molecular complexity index is 297. The number of carbonyl (C=O) groups is 1. The lowest BCUT2D eigenvalue weighted by Gasteiger charge is -2.14. The molecule has 0 aliphatic rings. The van der Waals surface area contributed by atoms with E-state index in [0.29, 0.717) is 5.69 Å². The van der Waals surface area contributed by atoms with Crippen molar-refractivity contribution in [2.45, 2.75) is 6.92 Å². The van der Waals surface area contributed by atoms with E-state index in [4.69, 9.17) is 17.4 Å². The lowest BCUT2D eigenvalue weighted by atomic mass is 10.2. The number of amides is 1. The molecule has 1 rings (SSSR count). The van der Waals surface area contributed by atoms with Gasteiger partial charge in [-0.05, 0) is 19.1 Å². The number of hydrazine groups is 1. The van der Waals surface area contributed by atoms with Gasteiger partial charge in [0.2, 0.25) is 0 Å². The van der Waals surface area contributed by atoms with Crippen molar-refractivity contribution >= 4 is 23.2 Å². The number of hydrogen-bond acceptors (Lipinski definition) is 2. The second-order valence-electron chi connectivity index (χ2n) is 2.73. The van der Waals surface area contributed by atoms with Gasteiger partial charge in [-0.1, -0.05) is 17.7 Å². The van der Waals surface area contributed by atoms with Gasteiger partial charge in [-0.3, -0.25) is 4.79 Å². The Morgan fingerprint density at radius 3 is 2.46 bits per heavy atom. The summed E-state index contributed by atoms with van der Waals surface area (Å²) in [4.78, 5) is 11.1. The summed E-state index contributed by atoms with van der Waals surface area (Å²) in [6, 6.07) is 7.33. The summed E-state index contributed by atoms with van der Waals surface area (Å²) in [5, 5.41) is 1.05. The minimum atomic E-state index is -0.314. The zero-order chi connectivity index (χ0) is 9.84. The fourth-order valence-corrected chi connectivity index (χ4v) is 1.04. The fourth-order valence-electron chi connectivity index (χ4n) is 0.914. The molecule has 4 heteroatoms. The van der Waals surface area contributed by atoms with Crippen LogP contribution in [0.1, 0.15) is 5.56 Å². The van der Waals surface area contributed by atoms with Crippen molar-refractivity contribution in [3.63, 3.8) is 0 Å². The van der Waals surface area contributed by atoms with Gasteiger partial charge in [-0.2, -0.15) is 0 Å². The maximum Gasteiger partial charge on any atom is 0.256 e. The normalized spacial score (nSPS) is 9.77. The Morgan fingerprint density at radius 2 is 2.00 bits per heavy atom. The van der Waals surface area contributed by atoms with E-state index in [2.05, 4.69) is 0 Å². The van der Waals surface area contributed by atoms with Gasteiger partial charge in [0, 0.05) is 0 Å². The maximum absolute atomic E-state index is 11.1. The first-order valence-electron chi connectivity index (χ1n) is 3.85. The summed E-state index contributed by atoms with van der Waals surface area (Å²) in [6.45, 7) is 1.97. The van der Waals surface area contributed by atoms with Crippen molar-refractivity contribution < 1.29 is 4.79 Å². The summed E-state index contributed by atoms with van der Waals surface area (Å²) in [5.41, 5.74) is 1.77. The lowest BCUT2D eigenvalue weighted by Crippen LogP contribution is -2.38. The maximum atomic E-state index is 11.1. The zero-order valence-corrected chi connectivity index (χ0v) is 8.08. The summed E-state index contributed by atoms with van der Waals surface area (Å²) in [7, 11) is 0. The highest BCUT2D eigenvalue weighted by atomic mass is 35.5. The third-order valence-electron chi connectivity index (χ3n) is 1.70. The topological polar surface area (TPSA) is 46.3 Å². The Morgan fingerprint density at radius 1 is 1.46 bits per heavy atom. The van der Waals surface area contributed by atoms with Gasteiger partial charge in [0.25, 0.3) is 5.91 Å². The van der Waals surface area contributed by atoms with Gasteiger partial charge in [-0.25, -0.2) is 10.9 Å². The third-order valence-corrected chi connectivity index (χ3v) is 1.92. The van der Waals surface area contributed by atoms with Crippen molar-refractivity contribution in [2.75, 3.05) is 10.9 Å². The molecule has 0 heterocycles. The second kappa shape index (κ2) is 4.25. The number of halogens is 1. The van der Waals surface area contributed by atoms with Gasteiger partial charge >= 0.3 is 0 Å². The molecule has 0 aromatic heterocycles. The average Bonchev–Trinajstić information content (AvgIpc) is 2.17. The molecular formula is C9H11ClN2O. The molecule has 0 atom stereocenters. The fraction of sp³-hybridized carbons (Fsp3) is 0.222. The third kappa shape index (κ3) is 2.44. The molecule has 1 aromatic rings. The van der Waals surface area contributed by atoms with E-state index in [1.807, 2.05) is 19.1 Å². The number of rotatable bonds is 2. The zero-order valence-electron chi connectivity index (χ0n) is 7.33. The van der Waals surface area contributed by atoms with E-state index < -0.39 is 0 Å². The molecule has 0 fully saturated rings. The molecule has 70 valence electrons. The number of anilines is 1. The van der Waals surface area contributed by atoms with Crippen LogP contribution in [-0.4, -0.2) is 11.8 Å². The molecule has 13 heavy (non-hydrogen) atoms. The summed E-state index contributed by atoms with van der Waals surface area (Å²) in [6.07, 6.45) is 0. The number of hydrogen-bond donors (Lipinski definition) is 1. The molecule has 0 aliphatic heterocycles. The number of benzene rings is 1. The molecule has 2 N–H and O–H groups in total. The Kier molecular flexibility index (Phi) is 3.28. The van der Waals surface area contributed by atoms with Crippen molar-refractivity contribution in [3.8, 4) is 0 Å². The number of alkyl halides is 1. The van der Waals surface area contributed by atoms with Gasteiger partial charge in [0.1, 0.15) is 5.88 Å². The van der Waals surface area contributed by atoms with E-state index in [1.54, 1.807) is 12.1 Å². The smallest absolute Gasteiger partial charge is 0.256 e. The van der Waals surface area contributed by atoms with Crippen LogP contribution in [0.25, 0.3) is 0 Å². The van der Waals surface area contributed by atoms with Crippen molar-refractivity contribution in [2.24, 2.45) is 5.84 Å². The number of nitrogens with two attached hydrogens (primary N) is 1. The van der Waals surface area contributed by atoms with Crippen LogP contribution in [0.3, 0.4) is 0 Å². The first-order chi connectivity index (χ1) is 6.15. The predicted octanol–water partition coefficient (Wildman–Crippen LogP) is 1.44. The van der Waals surface area contributed by atoms with E-state index in [9.17, 15) is 4.79 Å². The van der Waals surface area contributed by atoms with E-state index >= 15 is 0 Å². The Hall–Kier alpha value is -1.06. The van der Waals surface area contributed by atoms with Crippen LogP contribution in [0.15, 0.2) is 24.3 Å². The molecule has 0 spiro atoms. The number of aryl methyl sites for hydroxylation is 1. The highest BCUT2D eigenvalue weighted by Gasteiger charge is 2.08. The van der Waals surface area contributed by atoms with E-state index in [-0.39, 0.29) is 11.8 Å². The van der Waals surface area contributed by atoms with Gasteiger partial charge in [0.15, 0.2) is 0 Å². The molecule has 0 radical (unpaired) electrons. The van der Waals surface area contributed by atoms with Gasteiger partial charge in [-0.15, -0.1) is 11.6 Å². The monoisotopic (exact) mass is 198 g/mol. The van der Waals surface area contributed by atoms with Crippen LogP contribution in [0, 0.1) is 6.92 Å². The van der Waals surface area contributed by atoms with Crippen LogP contribution in [0.4, 0.5) is 5.69 Å². The van der Waals surface area contributed by atoms with Crippen LogP contribution >= 0.6 is 11.6 Å². The second-order valence-corrected chi connectivity index (χ2v) is 3.00. The molecule has 0 bridgehead atoms. The first-order valence-corrected chi connectivity index (χ1v) is 4.39. The Balaban J connectivity index is 2.83. The Labute approximate surface area is 82.1 Å². The van der Waals surface area contributed by atoms with Crippen molar-refractivity contribution in [3.05, 3.63) is 29.8 Å². The summed E-state index contributed by atoms with van der Waals surface area (Å²) < 4.78 is 0. The van der Waals surface area contributed by atoms with Crippen molar-refractivity contribution in [1.82, 2.24) is 0 Å². The molecule has 1 amide bonds. The van der Waals surface area contributed by atoms with Gasteiger partial charge < -0.3 is 0 Å². The number of carbonyl (C=O) groups excluding carboxylic acids is 1. The van der Waals surface area contributed by atoms with Gasteiger partial charge in [0.05, 0.1) is 5.69 Å². The standard InChI is InChI=1S/C9H11ClN2O/c1-7-2-4-8(5-3-7)12(11)9(13)6-10/h2-5H,6,11H2,1H3. The molecule has 1 aromatic carbocycles. The van der Waals surface area contributed by atoms with Crippen LogP contribution in [0.2, 0.25) is 0 Å². The minimum Gasteiger partial charge on any atom is -0.272 e. The molecule has 0 aliphatic carbocycles. The van der Waals surface area contributed by atoms with E-state index in [0.717, 1.165) is 10.6 Å². The molecule has 0 unspecified atom stereocenters. The molecule has 0 saturated heterocycles. The molecule has 3 nitrogen and oxygen atoms in total. The molecular weight excluding hydrogens is 188 g/mol. The predicted molar refractivity (Wildman–Crippen MR) is 53.6 cm³/mol. The molecule has 0 saturated carbocycles. The van der Waals surface area contributed by atoms with Crippen molar-refractivity contribution in [1.29, 1.82) is 0 Å². The SMILES string of the molecule is Cc1ccc(N(N)C(=O)CCl)cc1. The van der Waals surface area contributed by atoms with Crippen LogP contribution in [-0.2, 0) is 4.79 Å². The van der Waals surface area contributed by atoms with Crippen LogP contribution < -0.4 is 10.9 Å². The first kappa shape index (κ1) is 10.0. The summed E-state index contributed by atoms with van der Waals surface area (Å²) in [5.74, 6) is 5.08.